The van der Waals surface area contributed by atoms with Gasteiger partial charge in [0.1, 0.15) is 19.0 Å². The van der Waals surface area contributed by atoms with Crippen LogP contribution in [0.4, 0.5) is 17.1 Å². The largest absolute Gasteiger partial charge is 0.294 e. The first kappa shape index (κ1) is 33.9. The molecule has 47 heavy (non-hydrogen) atoms. The maximum Gasteiger partial charge on any atom is 0.294 e. The second-order valence-corrected chi connectivity index (χ2v) is 14.7. The first-order valence-electron chi connectivity index (χ1n) is 14.0. The molecule has 2 heterocycles. The highest BCUT2D eigenvalue weighted by molar-refractivity contribution is 7.86. The average molecular weight is 708 g/mol. The highest BCUT2D eigenvalue weighted by Gasteiger charge is 2.41. The van der Waals surface area contributed by atoms with Crippen LogP contribution < -0.4 is 0 Å². The molecule has 3 N–H and O–H groups in total. The van der Waals surface area contributed by atoms with Crippen molar-refractivity contribution in [2.45, 2.75) is 59.1 Å². The SMILES string of the molecule is O=S(=O)(O)c1ccc(N=NN2CN(N=Nc3ccc(S(=O)(=O)O)cc3)[C@H]3CCCCC[C@H]2N3N=Nc2ccc(S(=O)(=O)O)cc2)cc1. The zero-order chi connectivity index (χ0) is 33.8. The van der Waals surface area contributed by atoms with Gasteiger partial charge in [-0.25, -0.2) is 15.0 Å². The van der Waals surface area contributed by atoms with Crippen molar-refractivity contribution in [2.75, 3.05) is 6.67 Å². The Bertz CT molecular complexity index is 1890. The topological polar surface area (TPSA) is 247 Å². The lowest BCUT2D eigenvalue weighted by Gasteiger charge is -2.49. The number of fused-ring (bicyclic) bond motifs is 2. The molecule has 0 aromatic heterocycles. The second-order valence-electron chi connectivity index (χ2n) is 10.5. The molecule has 0 unspecified atom stereocenters. The van der Waals surface area contributed by atoms with Crippen molar-refractivity contribution < 1.29 is 38.9 Å². The Morgan fingerprint density at radius 2 is 0.809 bits per heavy atom. The van der Waals surface area contributed by atoms with E-state index >= 15 is 0 Å². The maximum absolute atomic E-state index is 11.4. The number of rotatable bonds is 9. The van der Waals surface area contributed by atoms with Gasteiger partial charge in [-0.3, -0.25) is 13.7 Å². The molecule has 5 rings (SSSR count). The summed E-state index contributed by atoms with van der Waals surface area (Å²) in [4.78, 5) is -0.901. The maximum atomic E-state index is 11.4. The van der Waals surface area contributed by atoms with Gasteiger partial charge in [-0.1, -0.05) is 22.1 Å². The van der Waals surface area contributed by atoms with Crippen molar-refractivity contribution in [3.8, 4) is 0 Å². The molecule has 0 spiro atoms. The van der Waals surface area contributed by atoms with E-state index < -0.39 is 42.7 Å². The normalized spacial score (nSPS) is 19.9. The zero-order valence-corrected chi connectivity index (χ0v) is 26.8. The summed E-state index contributed by atoms with van der Waals surface area (Å²) in [7, 11) is -13.2. The molecule has 250 valence electrons. The van der Waals surface area contributed by atoms with Crippen LogP contribution in [0.2, 0.25) is 0 Å². The first-order valence-corrected chi connectivity index (χ1v) is 18.3. The number of hydrogen-bond acceptors (Lipinski definition) is 12. The van der Waals surface area contributed by atoms with Crippen molar-refractivity contribution in [3.63, 3.8) is 0 Å². The molecule has 0 amide bonds. The van der Waals surface area contributed by atoms with Gasteiger partial charge in [0.15, 0.2) is 0 Å². The lowest BCUT2D eigenvalue weighted by Crippen LogP contribution is -2.61. The lowest BCUT2D eigenvalue weighted by molar-refractivity contribution is -0.150. The number of hydrogen-bond donors (Lipinski definition) is 3. The number of benzene rings is 3. The van der Waals surface area contributed by atoms with E-state index in [1.807, 2.05) is 0 Å². The van der Waals surface area contributed by atoms with Gasteiger partial charge in [0, 0.05) is 0 Å². The van der Waals surface area contributed by atoms with Crippen LogP contribution in [-0.2, 0) is 30.4 Å². The van der Waals surface area contributed by atoms with Crippen LogP contribution in [0.5, 0.6) is 0 Å². The molecule has 2 aliphatic rings. The molecule has 3 aromatic carbocycles. The Morgan fingerprint density at radius 3 is 1.13 bits per heavy atom. The highest BCUT2D eigenvalue weighted by atomic mass is 32.2. The summed E-state index contributed by atoms with van der Waals surface area (Å²) in [6, 6.07) is 15.4. The summed E-state index contributed by atoms with van der Waals surface area (Å²) in [5, 5.41) is 30.9. The van der Waals surface area contributed by atoms with Crippen LogP contribution in [0.3, 0.4) is 0 Å². The Balaban J connectivity index is 1.48. The Labute approximate surface area is 270 Å². The minimum atomic E-state index is -4.39. The monoisotopic (exact) mass is 707 g/mol. The third-order valence-corrected chi connectivity index (χ3v) is 9.83. The summed E-state index contributed by atoms with van der Waals surface area (Å²) in [6.07, 6.45) is 2.80. The molecule has 2 fully saturated rings. The average Bonchev–Trinajstić information content (AvgIpc) is 3.01. The summed E-state index contributed by atoms with van der Waals surface area (Å²) < 4.78 is 96.4. The van der Waals surface area contributed by atoms with Gasteiger partial charge in [0.2, 0.25) is 0 Å². The van der Waals surface area contributed by atoms with Gasteiger partial charge < -0.3 is 0 Å². The van der Waals surface area contributed by atoms with Crippen molar-refractivity contribution in [3.05, 3.63) is 72.8 Å². The molecule has 18 nitrogen and oxygen atoms in total. The molecule has 0 radical (unpaired) electrons. The van der Waals surface area contributed by atoms with Crippen molar-refractivity contribution in [1.82, 2.24) is 15.0 Å². The van der Waals surface area contributed by atoms with Gasteiger partial charge in [-0.05, 0) is 98.5 Å². The summed E-state index contributed by atoms with van der Waals surface area (Å²) in [5.74, 6) is 0. The second kappa shape index (κ2) is 13.8. The van der Waals surface area contributed by atoms with Gasteiger partial charge in [0.05, 0.1) is 31.7 Å². The van der Waals surface area contributed by atoms with Gasteiger partial charge in [-0.15, -0.1) is 15.3 Å². The van der Waals surface area contributed by atoms with E-state index in [-0.39, 0.29) is 21.4 Å². The van der Waals surface area contributed by atoms with Gasteiger partial charge >= 0.3 is 0 Å². The summed E-state index contributed by atoms with van der Waals surface area (Å²) >= 11 is 0. The minimum Gasteiger partial charge on any atom is -0.282 e. The van der Waals surface area contributed by atoms with E-state index in [2.05, 4.69) is 31.0 Å². The van der Waals surface area contributed by atoms with Gasteiger partial charge in [0.25, 0.3) is 30.4 Å². The molecular weight excluding hydrogens is 679 g/mol. The van der Waals surface area contributed by atoms with E-state index in [0.717, 1.165) is 19.3 Å². The van der Waals surface area contributed by atoms with Crippen LogP contribution >= 0.6 is 0 Å². The zero-order valence-electron chi connectivity index (χ0n) is 24.4. The predicted octanol–water partition coefficient (Wildman–Crippen LogP) is 5.32. The Morgan fingerprint density at radius 1 is 0.489 bits per heavy atom. The van der Waals surface area contributed by atoms with Gasteiger partial charge in [-0.2, -0.15) is 25.3 Å². The molecule has 2 saturated heterocycles. The smallest absolute Gasteiger partial charge is 0.282 e. The molecule has 21 heteroatoms. The summed E-state index contributed by atoms with van der Waals surface area (Å²) in [5.41, 5.74) is 0.894. The Kier molecular flexibility index (Phi) is 9.93. The van der Waals surface area contributed by atoms with E-state index in [1.165, 1.54) is 72.8 Å². The minimum absolute atomic E-state index is 0.0869. The van der Waals surface area contributed by atoms with Crippen molar-refractivity contribution in [1.29, 1.82) is 0 Å². The fourth-order valence-electron chi connectivity index (χ4n) is 4.87. The third-order valence-electron chi connectivity index (χ3n) is 7.23. The summed E-state index contributed by atoms with van der Waals surface area (Å²) in [6.45, 7) is 0.0869. The third kappa shape index (κ3) is 8.69. The van der Waals surface area contributed by atoms with Crippen LogP contribution in [0.25, 0.3) is 0 Å². The molecular formula is C26H29N9O9S3. The van der Waals surface area contributed by atoms with Crippen LogP contribution in [-0.4, -0.2) is 72.9 Å². The van der Waals surface area contributed by atoms with E-state index in [1.54, 1.807) is 15.0 Å². The van der Waals surface area contributed by atoms with Crippen LogP contribution in [0.15, 0.2) is 118 Å². The van der Waals surface area contributed by atoms with Crippen molar-refractivity contribution in [2.24, 2.45) is 31.0 Å². The van der Waals surface area contributed by atoms with E-state index in [4.69, 9.17) is 0 Å². The molecule has 0 saturated carbocycles. The lowest BCUT2D eigenvalue weighted by atomic mass is 10.0. The first-order chi connectivity index (χ1) is 22.2. The molecule has 0 aliphatic carbocycles. The molecule has 2 aliphatic heterocycles. The molecule has 3 aromatic rings. The fourth-order valence-corrected chi connectivity index (χ4v) is 6.31. The standard InChI is InChI=1S/C26H29N9O9S3/c36-45(37,38)22-12-6-19(7-13-22)27-30-33-18-34(31-28-20-8-14-23(15-9-20)46(39,40)41)26-5-3-1-2-4-25(33)35(26)32-29-21-10-16-24(17-11-21)47(42,43)44/h6-17,25-26H,1-5,18H2,(H,36,37,38)(H,39,40,41)(H,42,43,44)/t25-,26-/m1/s1. The van der Waals surface area contributed by atoms with Crippen LogP contribution in [0, 0.1) is 0 Å². The molecule has 2 atom stereocenters. The van der Waals surface area contributed by atoms with Crippen LogP contribution in [0.1, 0.15) is 32.1 Å². The quantitative estimate of drug-likeness (QED) is 0.189. The van der Waals surface area contributed by atoms with E-state index in [0.29, 0.717) is 29.9 Å². The van der Waals surface area contributed by atoms with Crippen molar-refractivity contribution >= 4 is 47.4 Å². The predicted molar refractivity (Wildman–Crippen MR) is 163 cm³/mol. The fraction of sp³-hybridized carbons (Fsp3) is 0.308. The molecule has 2 bridgehead atoms. The Hall–Kier alpha value is -4.41. The highest BCUT2D eigenvalue weighted by Crippen LogP contribution is 2.33. The van der Waals surface area contributed by atoms with E-state index in [9.17, 15) is 38.9 Å². The number of nitrogens with zero attached hydrogens (tertiary/aromatic N) is 9.